The molecule has 2 aromatic rings. The highest BCUT2D eigenvalue weighted by atomic mass is 79.9. The molecule has 0 aliphatic carbocycles. The number of anilines is 1. The summed E-state index contributed by atoms with van der Waals surface area (Å²) in [6.45, 7) is 10.0. The quantitative estimate of drug-likeness (QED) is 0.338. The summed E-state index contributed by atoms with van der Waals surface area (Å²) in [6, 6.07) is 5.18. The van der Waals surface area contributed by atoms with Gasteiger partial charge in [0.2, 0.25) is 11.1 Å². The lowest BCUT2D eigenvalue weighted by Gasteiger charge is -2.29. The highest BCUT2D eigenvalue weighted by Gasteiger charge is 2.37. The summed E-state index contributed by atoms with van der Waals surface area (Å²) < 4.78 is 13.8. The van der Waals surface area contributed by atoms with Crippen molar-refractivity contribution in [3.63, 3.8) is 0 Å². The van der Waals surface area contributed by atoms with Crippen LogP contribution in [0.3, 0.4) is 0 Å². The number of hydrogen-bond donors (Lipinski definition) is 1. The Morgan fingerprint density at radius 3 is 2.93 bits per heavy atom. The van der Waals surface area contributed by atoms with E-state index < -0.39 is 12.0 Å². The summed E-state index contributed by atoms with van der Waals surface area (Å²) in [6.07, 6.45) is 1.54. The Morgan fingerprint density at radius 2 is 2.24 bits per heavy atom. The van der Waals surface area contributed by atoms with Crippen molar-refractivity contribution in [3.8, 4) is 5.75 Å². The van der Waals surface area contributed by atoms with Crippen LogP contribution in [0, 0.1) is 0 Å². The van der Waals surface area contributed by atoms with Crippen molar-refractivity contribution in [1.82, 2.24) is 14.8 Å². The van der Waals surface area contributed by atoms with E-state index in [-0.39, 0.29) is 6.61 Å². The Bertz CT molecular complexity index is 957. The van der Waals surface area contributed by atoms with Crippen molar-refractivity contribution in [2.24, 2.45) is 0 Å². The van der Waals surface area contributed by atoms with Crippen LogP contribution < -0.4 is 10.1 Å². The van der Waals surface area contributed by atoms with E-state index in [0.29, 0.717) is 34.7 Å². The molecule has 2 heterocycles. The van der Waals surface area contributed by atoms with Crippen LogP contribution in [-0.4, -0.2) is 39.7 Å². The maximum Gasteiger partial charge on any atom is 0.338 e. The predicted molar refractivity (Wildman–Crippen MR) is 117 cm³/mol. The van der Waals surface area contributed by atoms with Gasteiger partial charge in [0.25, 0.3) is 0 Å². The molecule has 1 aromatic carbocycles. The molecular formula is C20H23BrN4O3S. The summed E-state index contributed by atoms with van der Waals surface area (Å²) in [5, 5.41) is 8.48. The zero-order chi connectivity index (χ0) is 21.0. The van der Waals surface area contributed by atoms with Gasteiger partial charge in [-0.15, -0.1) is 5.10 Å². The number of nitrogens with zero attached hydrogens (tertiary/aromatic N) is 3. The molecule has 0 saturated carbocycles. The van der Waals surface area contributed by atoms with Crippen LogP contribution in [0.25, 0.3) is 0 Å². The van der Waals surface area contributed by atoms with Gasteiger partial charge in [-0.1, -0.05) is 47.3 Å². The molecule has 1 atom stereocenters. The van der Waals surface area contributed by atoms with Gasteiger partial charge in [0, 0.05) is 15.7 Å². The van der Waals surface area contributed by atoms with Crippen LogP contribution in [-0.2, 0) is 9.53 Å². The Balaban J connectivity index is 2.19. The van der Waals surface area contributed by atoms with E-state index >= 15 is 0 Å². The number of allylic oxidation sites excluding steroid dienone is 1. The first-order valence-electron chi connectivity index (χ1n) is 9.27. The van der Waals surface area contributed by atoms with Gasteiger partial charge < -0.3 is 14.8 Å². The zero-order valence-corrected chi connectivity index (χ0v) is 19.0. The summed E-state index contributed by atoms with van der Waals surface area (Å²) in [5.41, 5.74) is 1.92. The molecular weight excluding hydrogens is 456 g/mol. The lowest BCUT2D eigenvalue weighted by Crippen LogP contribution is -2.30. The van der Waals surface area contributed by atoms with E-state index in [2.05, 4.69) is 37.9 Å². The van der Waals surface area contributed by atoms with Crippen LogP contribution >= 0.6 is 27.7 Å². The third-order valence-electron chi connectivity index (χ3n) is 4.23. The van der Waals surface area contributed by atoms with Gasteiger partial charge in [0.15, 0.2) is 0 Å². The second-order valence-electron chi connectivity index (χ2n) is 6.16. The van der Waals surface area contributed by atoms with Gasteiger partial charge in [-0.25, -0.2) is 9.48 Å². The number of aromatic nitrogens is 3. The molecule has 29 heavy (non-hydrogen) atoms. The topological polar surface area (TPSA) is 78.3 Å². The number of ether oxygens (including phenoxy) is 2. The normalized spacial score (nSPS) is 15.5. The van der Waals surface area contributed by atoms with Crippen LogP contribution in [0.4, 0.5) is 5.95 Å². The monoisotopic (exact) mass is 478 g/mol. The smallest absolute Gasteiger partial charge is 0.338 e. The molecule has 154 valence electrons. The van der Waals surface area contributed by atoms with E-state index in [1.807, 2.05) is 39.0 Å². The molecule has 1 N–H and O–H groups in total. The first-order chi connectivity index (χ1) is 14.0. The Hall–Kier alpha value is -2.26. The van der Waals surface area contributed by atoms with E-state index in [4.69, 9.17) is 9.47 Å². The van der Waals surface area contributed by atoms with E-state index in [1.165, 1.54) is 11.8 Å². The van der Waals surface area contributed by atoms with Gasteiger partial charge in [-0.2, -0.15) is 4.98 Å². The molecule has 0 bridgehead atoms. The first kappa shape index (κ1) is 21.4. The number of carbonyl (C=O) groups excluding carboxylic acids is 1. The van der Waals surface area contributed by atoms with Crippen molar-refractivity contribution >= 4 is 39.6 Å². The molecule has 7 nitrogen and oxygen atoms in total. The standard InChI is InChI=1S/C20H23BrN4O3S/c1-5-10-28-18(26)16-12(4)22-19-23-20(29-7-3)24-25(19)17(16)14-11-13(21)8-9-15(14)27-6-2/h5,8-9,11,17H,1,6-7,10H2,2-4H3,(H,22,23,24). The molecule has 1 unspecified atom stereocenters. The van der Waals surface area contributed by atoms with Crippen molar-refractivity contribution in [1.29, 1.82) is 0 Å². The second kappa shape index (κ2) is 9.49. The molecule has 0 fully saturated rings. The number of carbonyl (C=O) groups is 1. The van der Waals surface area contributed by atoms with Crippen molar-refractivity contribution in [2.75, 3.05) is 24.3 Å². The summed E-state index contributed by atoms with van der Waals surface area (Å²) >= 11 is 5.07. The highest BCUT2D eigenvalue weighted by Crippen LogP contribution is 2.41. The van der Waals surface area contributed by atoms with Crippen molar-refractivity contribution < 1.29 is 14.3 Å². The molecule has 9 heteroatoms. The molecule has 1 aliphatic rings. The fourth-order valence-corrected chi connectivity index (χ4v) is 4.04. The predicted octanol–water partition coefficient (Wildman–Crippen LogP) is 4.57. The average Bonchev–Trinajstić information content (AvgIpc) is 3.08. The molecule has 1 aromatic heterocycles. The Kier molecular flexibility index (Phi) is 7.02. The number of nitrogens with one attached hydrogen (secondary N) is 1. The summed E-state index contributed by atoms with van der Waals surface area (Å²) in [7, 11) is 0. The minimum atomic E-state index is -0.540. The second-order valence-corrected chi connectivity index (χ2v) is 8.31. The first-order valence-corrected chi connectivity index (χ1v) is 11.0. The molecule has 0 spiro atoms. The van der Waals surface area contributed by atoms with Crippen LogP contribution in [0.5, 0.6) is 5.75 Å². The van der Waals surface area contributed by atoms with Gasteiger partial charge in [-0.3, -0.25) is 0 Å². The number of rotatable bonds is 8. The van der Waals surface area contributed by atoms with Gasteiger partial charge in [0.05, 0.1) is 12.2 Å². The van der Waals surface area contributed by atoms with Gasteiger partial charge in [-0.05, 0) is 37.8 Å². The molecule has 0 saturated heterocycles. The lowest BCUT2D eigenvalue weighted by atomic mass is 9.95. The summed E-state index contributed by atoms with van der Waals surface area (Å²) in [4.78, 5) is 17.5. The van der Waals surface area contributed by atoms with Crippen LogP contribution in [0.1, 0.15) is 32.4 Å². The number of benzene rings is 1. The largest absolute Gasteiger partial charge is 0.494 e. The van der Waals surface area contributed by atoms with Crippen molar-refractivity contribution in [3.05, 3.63) is 52.2 Å². The minimum Gasteiger partial charge on any atom is -0.494 e. The van der Waals surface area contributed by atoms with E-state index in [1.54, 1.807) is 10.8 Å². The van der Waals surface area contributed by atoms with Gasteiger partial charge >= 0.3 is 5.97 Å². The Morgan fingerprint density at radius 1 is 1.45 bits per heavy atom. The molecule has 0 amide bonds. The maximum absolute atomic E-state index is 13.0. The third-order valence-corrected chi connectivity index (χ3v) is 5.44. The lowest BCUT2D eigenvalue weighted by molar-refractivity contribution is -0.138. The summed E-state index contributed by atoms with van der Waals surface area (Å²) in [5.74, 6) is 1.66. The minimum absolute atomic E-state index is 0.125. The third kappa shape index (κ3) is 4.51. The van der Waals surface area contributed by atoms with Gasteiger partial charge in [0.1, 0.15) is 18.4 Å². The van der Waals surface area contributed by atoms with E-state index in [0.717, 1.165) is 15.8 Å². The molecule has 0 radical (unpaired) electrons. The van der Waals surface area contributed by atoms with Crippen molar-refractivity contribution in [2.45, 2.75) is 32.0 Å². The fraction of sp³-hybridized carbons (Fsp3) is 0.350. The average molecular weight is 479 g/mol. The molecule has 3 rings (SSSR count). The number of thioether (sulfide) groups is 1. The number of esters is 1. The number of hydrogen-bond acceptors (Lipinski definition) is 7. The fourth-order valence-electron chi connectivity index (χ4n) is 3.11. The number of halogens is 1. The van der Waals surface area contributed by atoms with E-state index in [9.17, 15) is 4.79 Å². The maximum atomic E-state index is 13.0. The zero-order valence-electron chi connectivity index (χ0n) is 16.6. The number of fused-ring (bicyclic) bond motifs is 1. The van der Waals surface area contributed by atoms with Crippen LogP contribution in [0.15, 0.2) is 51.8 Å². The highest BCUT2D eigenvalue weighted by molar-refractivity contribution is 9.10. The van der Waals surface area contributed by atoms with Crippen LogP contribution in [0.2, 0.25) is 0 Å². The molecule has 1 aliphatic heterocycles. The Labute approximate surface area is 182 Å². The SMILES string of the molecule is C=CCOC(=O)C1=C(C)Nc2nc(SCC)nn2C1c1cc(Br)ccc1OCC.